The smallest absolute Gasteiger partial charge is 0.244 e. The molecule has 0 unspecified atom stereocenters. The Hall–Kier alpha value is -0.140. The fourth-order valence-corrected chi connectivity index (χ4v) is 5.65. The Kier molecular flexibility index (Phi) is 5.48. The van der Waals surface area contributed by atoms with Gasteiger partial charge >= 0.3 is 0 Å². The number of sulfonamides is 1. The van der Waals surface area contributed by atoms with Crippen molar-refractivity contribution >= 4 is 33.0 Å². The summed E-state index contributed by atoms with van der Waals surface area (Å²) >= 11 is 7.27. The van der Waals surface area contributed by atoms with E-state index in [9.17, 15) is 8.42 Å². The second-order valence-corrected chi connectivity index (χ2v) is 8.39. The van der Waals surface area contributed by atoms with E-state index >= 15 is 0 Å². The molecule has 0 saturated carbocycles. The second-order valence-electron chi connectivity index (χ2n) is 5.18. The SMILES string of the molecule is Cc1csc(CCl)c1S(=O)(=O)N(C)CCN1CCCC1. The lowest BCUT2D eigenvalue weighted by molar-refractivity contribution is 0.310. The molecular weight excluding hydrogens is 316 g/mol. The molecule has 2 heterocycles. The zero-order valence-electron chi connectivity index (χ0n) is 11.9. The minimum atomic E-state index is -3.43. The maximum Gasteiger partial charge on any atom is 0.244 e. The number of likely N-dealkylation sites (tertiary alicyclic amines) is 1. The molecule has 20 heavy (non-hydrogen) atoms. The minimum absolute atomic E-state index is 0.243. The minimum Gasteiger partial charge on any atom is -0.302 e. The number of halogens is 1. The molecule has 2 rings (SSSR count). The lowest BCUT2D eigenvalue weighted by Crippen LogP contribution is -2.35. The number of likely N-dealkylation sites (N-methyl/N-ethyl adjacent to an activating group) is 1. The van der Waals surface area contributed by atoms with Crippen LogP contribution < -0.4 is 0 Å². The van der Waals surface area contributed by atoms with Gasteiger partial charge in [0.25, 0.3) is 0 Å². The standard InChI is InChI=1S/C13H21ClN2O2S2/c1-11-10-19-12(9-14)13(11)20(17,18)15(2)7-8-16-5-3-4-6-16/h10H,3-9H2,1-2H3. The van der Waals surface area contributed by atoms with E-state index < -0.39 is 10.0 Å². The Labute approximate surface area is 130 Å². The first kappa shape index (κ1) is 16.2. The Morgan fingerprint density at radius 1 is 1.40 bits per heavy atom. The molecule has 0 aromatic carbocycles. The predicted octanol–water partition coefficient (Wildman–Crippen LogP) is 2.51. The van der Waals surface area contributed by atoms with Gasteiger partial charge in [0.2, 0.25) is 10.0 Å². The molecule has 1 saturated heterocycles. The molecule has 1 aromatic heterocycles. The highest BCUT2D eigenvalue weighted by atomic mass is 35.5. The van der Waals surface area contributed by atoms with Crippen LogP contribution in [-0.2, 0) is 15.9 Å². The normalized spacial score (nSPS) is 17.2. The number of aryl methyl sites for hydroxylation is 1. The van der Waals surface area contributed by atoms with Crippen LogP contribution in [0.1, 0.15) is 23.3 Å². The molecule has 1 aliphatic rings. The van der Waals surface area contributed by atoms with Crippen LogP contribution in [0.2, 0.25) is 0 Å². The van der Waals surface area contributed by atoms with E-state index in [4.69, 9.17) is 11.6 Å². The molecular formula is C13H21ClN2O2S2. The summed E-state index contributed by atoms with van der Waals surface area (Å²) in [4.78, 5) is 3.45. The molecule has 0 N–H and O–H groups in total. The molecule has 0 bridgehead atoms. The molecule has 1 aliphatic heterocycles. The molecule has 0 atom stereocenters. The summed E-state index contributed by atoms with van der Waals surface area (Å²) in [5.41, 5.74) is 0.790. The highest BCUT2D eigenvalue weighted by Gasteiger charge is 2.27. The highest BCUT2D eigenvalue weighted by molar-refractivity contribution is 7.89. The Morgan fingerprint density at radius 3 is 2.65 bits per heavy atom. The fourth-order valence-electron chi connectivity index (χ4n) is 2.49. The van der Waals surface area contributed by atoms with Crippen LogP contribution in [0.25, 0.3) is 0 Å². The summed E-state index contributed by atoms with van der Waals surface area (Å²) in [6.45, 7) is 5.32. The van der Waals surface area contributed by atoms with E-state index in [1.807, 2.05) is 12.3 Å². The molecule has 1 aromatic rings. The van der Waals surface area contributed by atoms with Crippen molar-refractivity contribution in [3.8, 4) is 0 Å². The van der Waals surface area contributed by atoms with Crippen LogP contribution in [0.5, 0.6) is 0 Å². The van der Waals surface area contributed by atoms with E-state index in [0.29, 0.717) is 11.4 Å². The van der Waals surface area contributed by atoms with Crippen molar-refractivity contribution in [2.24, 2.45) is 0 Å². The van der Waals surface area contributed by atoms with Crippen molar-refractivity contribution in [3.05, 3.63) is 15.8 Å². The van der Waals surface area contributed by atoms with Gasteiger partial charge in [-0.3, -0.25) is 0 Å². The largest absolute Gasteiger partial charge is 0.302 e. The summed E-state index contributed by atoms with van der Waals surface area (Å²) in [6.07, 6.45) is 2.44. The number of thiophene rings is 1. The molecule has 4 nitrogen and oxygen atoms in total. The zero-order chi connectivity index (χ0) is 14.8. The molecule has 1 fully saturated rings. The van der Waals surface area contributed by atoms with Crippen LogP contribution in [0, 0.1) is 6.92 Å². The molecule has 114 valence electrons. The maximum absolute atomic E-state index is 12.7. The Morgan fingerprint density at radius 2 is 2.05 bits per heavy atom. The van der Waals surface area contributed by atoms with Gasteiger partial charge in [-0.15, -0.1) is 22.9 Å². The third-order valence-electron chi connectivity index (χ3n) is 3.71. The fraction of sp³-hybridized carbons (Fsp3) is 0.692. The third-order valence-corrected chi connectivity index (χ3v) is 7.46. The Balaban J connectivity index is 2.10. The first-order chi connectivity index (χ1) is 9.46. The summed E-state index contributed by atoms with van der Waals surface area (Å²) in [5, 5.41) is 1.86. The molecule has 0 amide bonds. The predicted molar refractivity (Wildman–Crippen MR) is 84.1 cm³/mol. The van der Waals surface area contributed by atoms with Gasteiger partial charge in [-0.2, -0.15) is 4.31 Å². The van der Waals surface area contributed by atoms with Gasteiger partial charge in [0.15, 0.2) is 0 Å². The van der Waals surface area contributed by atoms with Crippen molar-refractivity contribution < 1.29 is 8.42 Å². The van der Waals surface area contributed by atoms with Crippen molar-refractivity contribution in [1.29, 1.82) is 0 Å². The number of hydrogen-bond acceptors (Lipinski definition) is 4. The third kappa shape index (κ3) is 3.36. The van der Waals surface area contributed by atoms with Crippen molar-refractivity contribution in [3.63, 3.8) is 0 Å². The highest BCUT2D eigenvalue weighted by Crippen LogP contribution is 2.30. The van der Waals surface area contributed by atoms with Gasteiger partial charge in [-0.05, 0) is 43.8 Å². The first-order valence-corrected chi connectivity index (χ1v) is 9.64. The van der Waals surface area contributed by atoms with Crippen LogP contribution in [-0.4, -0.2) is 50.8 Å². The average Bonchev–Trinajstić information content (AvgIpc) is 3.04. The van der Waals surface area contributed by atoms with E-state index in [2.05, 4.69) is 4.90 Å². The van der Waals surface area contributed by atoms with E-state index in [1.165, 1.54) is 28.5 Å². The van der Waals surface area contributed by atoms with Crippen LogP contribution in [0.3, 0.4) is 0 Å². The summed E-state index contributed by atoms with van der Waals surface area (Å²) < 4.78 is 26.8. The van der Waals surface area contributed by atoms with Gasteiger partial charge in [0, 0.05) is 25.0 Å². The molecule has 0 spiro atoms. The van der Waals surface area contributed by atoms with Crippen LogP contribution >= 0.6 is 22.9 Å². The van der Waals surface area contributed by atoms with Gasteiger partial charge in [-0.1, -0.05) is 0 Å². The van der Waals surface area contributed by atoms with E-state index in [0.717, 1.165) is 30.1 Å². The van der Waals surface area contributed by atoms with Crippen LogP contribution in [0.15, 0.2) is 10.3 Å². The van der Waals surface area contributed by atoms with Gasteiger partial charge < -0.3 is 4.90 Å². The van der Waals surface area contributed by atoms with E-state index in [-0.39, 0.29) is 5.88 Å². The molecule has 0 aliphatic carbocycles. The Bertz CT molecular complexity index is 551. The van der Waals surface area contributed by atoms with Crippen molar-refractivity contribution in [2.75, 3.05) is 33.2 Å². The molecule has 7 heteroatoms. The van der Waals surface area contributed by atoms with Gasteiger partial charge in [0.05, 0.1) is 5.88 Å². The summed E-state index contributed by atoms with van der Waals surface area (Å²) in [5.74, 6) is 0.243. The molecule has 0 radical (unpaired) electrons. The summed E-state index contributed by atoms with van der Waals surface area (Å²) in [7, 11) is -1.77. The summed E-state index contributed by atoms with van der Waals surface area (Å²) in [6, 6.07) is 0. The number of alkyl halides is 1. The quantitative estimate of drug-likeness (QED) is 0.749. The van der Waals surface area contributed by atoms with Gasteiger partial charge in [-0.25, -0.2) is 8.42 Å². The topological polar surface area (TPSA) is 40.6 Å². The number of hydrogen-bond donors (Lipinski definition) is 0. The lowest BCUT2D eigenvalue weighted by atomic mass is 10.3. The first-order valence-electron chi connectivity index (χ1n) is 6.78. The van der Waals surface area contributed by atoms with Crippen molar-refractivity contribution in [2.45, 2.75) is 30.5 Å². The van der Waals surface area contributed by atoms with E-state index in [1.54, 1.807) is 7.05 Å². The number of rotatable bonds is 6. The monoisotopic (exact) mass is 336 g/mol. The zero-order valence-corrected chi connectivity index (χ0v) is 14.3. The van der Waals surface area contributed by atoms with Crippen LogP contribution in [0.4, 0.5) is 0 Å². The van der Waals surface area contributed by atoms with Crippen molar-refractivity contribution in [1.82, 2.24) is 9.21 Å². The number of nitrogens with zero attached hydrogens (tertiary/aromatic N) is 2. The maximum atomic E-state index is 12.7. The van der Waals surface area contributed by atoms with Gasteiger partial charge in [0.1, 0.15) is 4.90 Å². The average molecular weight is 337 g/mol. The second kappa shape index (κ2) is 6.75. The lowest BCUT2D eigenvalue weighted by Gasteiger charge is -2.21.